The third-order valence-corrected chi connectivity index (χ3v) is 1.79. The normalized spacial score (nSPS) is 12.2. The van der Waals surface area contributed by atoms with Crippen LogP contribution < -0.4 is 4.74 Å². The van der Waals surface area contributed by atoms with E-state index in [1.165, 1.54) is 0 Å². The third-order valence-electron chi connectivity index (χ3n) is 1.79. The van der Waals surface area contributed by atoms with E-state index in [9.17, 15) is 22.4 Å². The second-order valence-electron chi connectivity index (χ2n) is 4.69. The first-order chi connectivity index (χ1) is 8.48. The van der Waals surface area contributed by atoms with Gasteiger partial charge in [0.05, 0.1) is 5.56 Å². The maximum Gasteiger partial charge on any atom is 0.573 e. The highest BCUT2D eigenvalue weighted by Crippen LogP contribution is 2.25. The summed E-state index contributed by atoms with van der Waals surface area (Å²) in [6.45, 7) is 4.66. The number of rotatable bonds is 2. The molecule has 0 aliphatic carbocycles. The average molecular weight is 280 g/mol. The van der Waals surface area contributed by atoms with Gasteiger partial charge in [0.15, 0.2) is 0 Å². The number of esters is 1. The predicted molar refractivity (Wildman–Crippen MR) is 58.3 cm³/mol. The van der Waals surface area contributed by atoms with E-state index in [1.54, 1.807) is 20.8 Å². The SMILES string of the molecule is CC(C)(C)OC(=O)c1cc(OC(F)(F)F)ccc1F. The molecule has 0 heterocycles. The van der Waals surface area contributed by atoms with E-state index in [-0.39, 0.29) is 0 Å². The molecule has 0 saturated carbocycles. The molecule has 106 valence electrons. The van der Waals surface area contributed by atoms with Gasteiger partial charge in [-0.2, -0.15) is 0 Å². The zero-order valence-corrected chi connectivity index (χ0v) is 10.5. The van der Waals surface area contributed by atoms with Crippen LogP contribution in [-0.4, -0.2) is 17.9 Å². The molecule has 0 atom stereocenters. The summed E-state index contributed by atoms with van der Waals surface area (Å²) in [5, 5.41) is 0. The lowest BCUT2D eigenvalue weighted by molar-refractivity contribution is -0.274. The minimum atomic E-state index is -4.91. The van der Waals surface area contributed by atoms with Gasteiger partial charge >= 0.3 is 12.3 Å². The van der Waals surface area contributed by atoms with Crippen molar-refractivity contribution in [2.75, 3.05) is 0 Å². The van der Waals surface area contributed by atoms with Crippen molar-refractivity contribution in [2.24, 2.45) is 0 Å². The highest BCUT2D eigenvalue weighted by Gasteiger charge is 2.32. The van der Waals surface area contributed by atoms with E-state index in [1.807, 2.05) is 0 Å². The number of benzene rings is 1. The fraction of sp³-hybridized carbons (Fsp3) is 0.417. The molecule has 0 aliphatic heterocycles. The topological polar surface area (TPSA) is 35.5 Å². The lowest BCUT2D eigenvalue weighted by atomic mass is 10.1. The van der Waals surface area contributed by atoms with Gasteiger partial charge in [0.25, 0.3) is 0 Å². The quantitative estimate of drug-likeness (QED) is 0.612. The minimum Gasteiger partial charge on any atom is -0.456 e. The van der Waals surface area contributed by atoms with E-state index in [2.05, 4.69) is 4.74 Å². The van der Waals surface area contributed by atoms with Gasteiger partial charge in [-0.1, -0.05) is 0 Å². The molecule has 0 saturated heterocycles. The number of ether oxygens (including phenoxy) is 2. The van der Waals surface area contributed by atoms with Gasteiger partial charge in [0, 0.05) is 0 Å². The number of hydrogen-bond acceptors (Lipinski definition) is 3. The van der Waals surface area contributed by atoms with Crippen LogP contribution in [0.15, 0.2) is 18.2 Å². The van der Waals surface area contributed by atoms with E-state index in [0.717, 1.165) is 6.07 Å². The molecule has 0 unspecified atom stereocenters. The Morgan fingerprint density at radius 1 is 1.16 bits per heavy atom. The molecule has 0 aromatic heterocycles. The summed E-state index contributed by atoms with van der Waals surface area (Å²) in [7, 11) is 0. The minimum absolute atomic E-state index is 0.614. The maximum atomic E-state index is 13.4. The fourth-order valence-electron chi connectivity index (χ4n) is 1.19. The Balaban J connectivity index is 3.01. The highest BCUT2D eigenvalue weighted by molar-refractivity contribution is 5.90. The fourth-order valence-corrected chi connectivity index (χ4v) is 1.19. The highest BCUT2D eigenvalue weighted by atomic mass is 19.4. The summed E-state index contributed by atoms with van der Waals surface area (Å²) < 4.78 is 57.9. The average Bonchev–Trinajstić information content (AvgIpc) is 2.16. The van der Waals surface area contributed by atoms with Gasteiger partial charge in [-0.05, 0) is 39.0 Å². The Bertz CT molecular complexity index is 475. The van der Waals surface area contributed by atoms with E-state index < -0.39 is 35.1 Å². The molecule has 0 spiro atoms. The van der Waals surface area contributed by atoms with Crippen molar-refractivity contribution >= 4 is 5.97 Å². The third kappa shape index (κ3) is 5.15. The van der Waals surface area contributed by atoms with Crippen molar-refractivity contribution in [2.45, 2.75) is 32.7 Å². The molecule has 0 fully saturated rings. The Morgan fingerprint density at radius 3 is 2.21 bits per heavy atom. The van der Waals surface area contributed by atoms with Crippen LogP contribution in [0.5, 0.6) is 5.75 Å². The second-order valence-corrected chi connectivity index (χ2v) is 4.69. The molecule has 0 amide bonds. The van der Waals surface area contributed by atoms with E-state index in [4.69, 9.17) is 4.74 Å². The van der Waals surface area contributed by atoms with Crippen LogP contribution in [0.3, 0.4) is 0 Å². The van der Waals surface area contributed by atoms with Gasteiger partial charge in [0.2, 0.25) is 0 Å². The van der Waals surface area contributed by atoms with Gasteiger partial charge < -0.3 is 9.47 Å². The van der Waals surface area contributed by atoms with E-state index >= 15 is 0 Å². The number of alkyl halides is 3. The van der Waals surface area contributed by atoms with Crippen molar-refractivity contribution < 1.29 is 31.8 Å². The number of carbonyl (C=O) groups excluding carboxylic acids is 1. The summed E-state index contributed by atoms with van der Waals surface area (Å²) in [4.78, 5) is 11.6. The van der Waals surface area contributed by atoms with Crippen LogP contribution >= 0.6 is 0 Å². The summed E-state index contributed by atoms with van der Waals surface area (Å²) in [5.74, 6) is -2.73. The molecule has 0 radical (unpaired) electrons. The largest absolute Gasteiger partial charge is 0.573 e. The standard InChI is InChI=1S/C12H12F4O3/c1-11(2,3)19-10(17)8-6-7(4-5-9(8)13)18-12(14,15)16/h4-6H,1-3H3. The Kier molecular flexibility index (Phi) is 4.07. The smallest absolute Gasteiger partial charge is 0.456 e. The number of hydrogen-bond donors (Lipinski definition) is 0. The number of carbonyl (C=O) groups is 1. The first-order valence-electron chi connectivity index (χ1n) is 5.26. The van der Waals surface area contributed by atoms with Gasteiger partial charge in [-0.15, -0.1) is 13.2 Å². The Hall–Kier alpha value is -1.79. The molecule has 19 heavy (non-hydrogen) atoms. The molecule has 0 aliphatic rings. The second kappa shape index (κ2) is 5.07. The van der Waals surface area contributed by atoms with Crippen molar-refractivity contribution in [3.63, 3.8) is 0 Å². The monoisotopic (exact) mass is 280 g/mol. The molecule has 1 aromatic rings. The maximum absolute atomic E-state index is 13.4. The lowest BCUT2D eigenvalue weighted by Gasteiger charge is -2.20. The summed E-state index contributed by atoms with van der Waals surface area (Å²) in [5.41, 5.74) is -1.50. The summed E-state index contributed by atoms with van der Waals surface area (Å²) in [6, 6.07) is 2.13. The Labute approximate surface area is 107 Å². The van der Waals surface area contributed by atoms with Gasteiger partial charge in [0.1, 0.15) is 17.2 Å². The molecule has 0 bridgehead atoms. The first kappa shape index (κ1) is 15.3. The van der Waals surface area contributed by atoms with Crippen LogP contribution in [0.4, 0.5) is 17.6 Å². The van der Waals surface area contributed by atoms with Crippen molar-refractivity contribution in [1.82, 2.24) is 0 Å². The predicted octanol–water partition coefficient (Wildman–Crippen LogP) is 3.68. The zero-order valence-electron chi connectivity index (χ0n) is 10.5. The van der Waals surface area contributed by atoms with Crippen LogP contribution in [0.1, 0.15) is 31.1 Å². The molecule has 3 nitrogen and oxygen atoms in total. The molecule has 7 heteroatoms. The first-order valence-corrected chi connectivity index (χ1v) is 5.26. The van der Waals surface area contributed by atoms with Crippen LogP contribution in [-0.2, 0) is 4.74 Å². The Morgan fingerprint density at radius 2 is 1.74 bits per heavy atom. The van der Waals surface area contributed by atoms with Gasteiger partial charge in [-0.3, -0.25) is 0 Å². The molecular weight excluding hydrogens is 268 g/mol. The zero-order chi connectivity index (χ0) is 14.8. The van der Waals surface area contributed by atoms with E-state index in [0.29, 0.717) is 12.1 Å². The van der Waals surface area contributed by atoms with Crippen LogP contribution in [0, 0.1) is 5.82 Å². The van der Waals surface area contributed by atoms with Crippen LogP contribution in [0.2, 0.25) is 0 Å². The van der Waals surface area contributed by atoms with Gasteiger partial charge in [-0.25, -0.2) is 9.18 Å². The van der Waals surface area contributed by atoms with Crippen molar-refractivity contribution in [1.29, 1.82) is 0 Å². The summed E-state index contributed by atoms with van der Waals surface area (Å²) in [6.07, 6.45) is -4.91. The molecule has 0 N–H and O–H groups in total. The van der Waals surface area contributed by atoms with Crippen LogP contribution in [0.25, 0.3) is 0 Å². The summed E-state index contributed by atoms with van der Waals surface area (Å²) >= 11 is 0. The lowest BCUT2D eigenvalue weighted by Crippen LogP contribution is -2.24. The number of halogens is 4. The van der Waals surface area contributed by atoms with Crippen molar-refractivity contribution in [3.05, 3.63) is 29.6 Å². The molecular formula is C12H12F4O3. The molecule has 1 rings (SSSR count). The van der Waals surface area contributed by atoms with Crippen molar-refractivity contribution in [3.8, 4) is 5.75 Å². The molecule has 1 aromatic carbocycles.